The Morgan fingerprint density at radius 2 is 1.81 bits per heavy atom. The van der Waals surface area contributed by atoms with E-state index in [-0.39, 0.29) is 5.92 Å². The molecule has 0 amide bonds. The van der Waals surface area contributed by atoms with E-state index >= 15 is 0 Å². The Hall–Kier alpha value is -1.63. The minimum atomic E-state index is 0.145. The molecule has 2 aromatic carbocycles. The van der Waals surface area contributed by atoms with Crippen LogP contribution >= 0.6 is 0 Å². The van der Waals surface area contributed by atoms with Crippen LogP contribution in [0.3, 0.4) is 0 Å². The van der Waals surface area contributed by atoms with E-state index in [4.69, 9.17) is 0 Å². The summed E-state index contributed by atoms with van der Waals surface area (Å²) in [4.78, 5) is 11.8. The molecule has 0 aromatic heterocycles. The van der Waals surface area contributed by atoms with E-state index in [0.717, 1.165) is 19.3 Å². The van der Waals surface area contributed by atoms with E-state index in [1.807, 2.05) is 12.1 Å². The molecule has 1 aliphatic carbocycles. The molecule has 1 fully saturated rings. The Balaban J connectivity index is 2.19. The van der Waals surface area contributed by atoms with Gasteiger partial charge in [-0.25, -0.2) is 0 Å². The molecule has 0 heterocycles. The zero-order valence-electron chi connectivity index (χ0n) is 9.15. The van der Waals surface area contributed by atoms with E-state index in [1.54, 1.807) is 0 Å². The van der Waals surface area contributed by atoms with Gasteiger partial charge in [0.1, 0.15) is 5.78 Å². The highest BCUT2D eigenvalue weighted by molar-refractivity contribution is 5.94. The quantitative estimate of drug-likeness (QED) is 0.701. The third kappa shape index (κ3) is 1.44. The monoisotopic (exact) mass is 210 g/mol. The molecule has 0 saturated heterocycles. The molecule has 0 N–H and O–H groups in total. The summed E-state index contributed by atoms with van der Waals surface area (Å²) in [7, 11) is 0. The number of rotatable bonds is 1. The lowest BCUT2D eigenvalue weighted by Crippen LogP contribution is -2.04. The summed E-state index contributed by atoms with van der Waals surface area (Å²) >= 11 is 0. The van der Waals surface area contributed by atoms with E-state index in [0.29, 0.717) is 5.78 Å². The molecule has 1 atom stereocenters. The van der Waals surface area contributed by atoms with Crippen molar-refractivity contribution in [1.29, 1.82) is 0 Å². The van der Waals surface area contributed by atoms with Gasteiger partial charge in [0.25, 0.3) is 0 Å². The van der Waals surface area contributed by atoms with E-state index in [9.17, 15) is 4.79 Å². The normalized spacial score (nSPS) is 20.5. The van der Waals surface area contributed by atoms with Gasteiger partial charge in [0, 0.05) is 12.3 Å². The van der Waals surface area contributed by atoms with Crippen LogP contribution in [0.1, 0.15) is 30.7 Å². The van der Waals surface area contributed by atoms with Gasteiger partial charge in [-0.2, -0.15) is 0 Å². The number of fused-ring (bicyclic) bond motifs is 1. The Morgan fingerprint density at radius 3 is 2.62 bits per heavy atom. The van der Waals surface area contributed by atoms with Gasteiger partial charge in [-0.3, -0.25) is 4.79 Å². The van der Waals surface area contributed by atoms with E-state index in [2.05, 4.69) is 30.3 Å². The number of hydrogen-bond donors (Lipinski definition) is 0. The van der Waals surface area contributed by atoms with Crippen molar-refractivity contribution in [2.75, 3.05) is 0 Å². The minimum absolute atomic E-state index is 0.145. The van der Waals surface area contributed by atoms with Gasteiger partial charge < -0.3 is 0 Å². The zero-order chi connectivity index (χ0) is 11.0. The first-order valence-corrected chi connectivity index (χ1v) is 5.86. The molecule has 1 heteroatoms. The van der Waals surface area contributed by atoms with Crippen LogP contribution < -0.4 is 0 Å². The number of benzene rings is 2. The summed E-state index contributed by atoms with van der Waals surface area (Å²) in [6.07, 6.45) is 2.83. The zero-order valence-corrected chi connectivity index (χ0v) is 9.15. The van der Waals surface area contributed by atoms with Crippen molar-refractivity contribution in [3.05, 3.63) is 48.0 Å². The lowest BCUT2D eigenvalue weighted by atomic mass is 9.92. The maximum absolute atomic E-state index is 11.8. The summed E-state index contributed by atoms with van der Waals surface area (Å²) in [6, 6.07) is 14.6. The highest BCUT2D eigenvalue weighted by atomic mass is 16.1. The van der Waals surface area contributed by atoms with Crippen molar-refractivity contribution in [1.82, 2.24) is 0 Å². The molecule has 0 radical (unpaired) electrons. The summed E-state index contributed by atoms with van der Waals surface area (Å²) < 4.78 is 0. The average Bonchev–Trinajstić information content (AvgIpc) is 2.75. The van der Waals surface area contributed by atoms with Crippen LogP contribution in [0, 0.1) is 0 Å². The molecule has 80 valence electrons. The summed E-state index contributed by atoms with van der Waals surface area (Å²) in [5.41, 5.74) is 1.22. The van der Waals surface area contributed by atoms with Crippen molar-refractivity contribution in [2.45, 2.75) is 25.2 Å². The first kappa shape index (κ1) is 9.59. The third-order valence-corrected chi connectivity index (χ3v) is 3.50. The first-order chi connectivity index (χ1) is 7.86. The smallest absolute Gasteiger partial charge is 0.140 e. The molecule has 1 aliphatic rings. The third-order valence-electron chi connectivity index (χ3n) is 3.50. The van der Waals surface area contributed by atoms with E-state index < -0.39 is 0 Å². The van der Waals surface area contributed by atoms with Crippen molar-refractivity contribution in [2.24, 2.45) is 0 Å². The van der Waals surface area contributed by atoms with Gasteiger partial charge in [0.05, 0.1) is 0 Å². The fourth-order valence-corrected chi connectivity index (χ4v) is 2.70. The Bertz CT molecular complexity index is 537. The van der Waals surface area contributed by atoms with Gasteiger partial charge in [-0.05, 0) is 29.2 Å². The SMILES string of the molecule is O=C1CCC[C@@H]1c1cccc2ccccc12. The predicted octanol–water partition coefficient (Wildman–Crippen LogP) is 3.68. The van der Waals surface area contributed by atoms with Gasteiger partial charge in [-0.1, -0.05) is 42.5 Å². The standard InChI is InChI=1S/C15H14O/c16-15-10-4-9-14(15)13-8-3-6-11-5-1-2-7-12(11)13/h1-3,5-8,14H,4,9-10H2/t14-/m1/s1. The lowest BCUT2D eigenvalue weighted by Gasteiger charge is -2.11. The molecular weight excluding hydrogens is 196 g/mol. The van der Waals surface area contributed by atoms with Gasteiger partial charge in [0.2, 0.25) is 0 Å². The second-order valence-electron chi connectivity index (χ2n) is 4.48. The highest BCUT2D eigenvalue weighted by Gasteiger charge is 2.26. The average molecular weight is 210 g/mol. The molecule has 1 saturated carbocycles. The number of ketones is 1. The van der Waals surface area contributed by atoms with Crippen LogP contribution in [0.4, 0.5) is 0 Å². The van der Waals surface area contributed by atoms with Crippen LogP contribution in [-0.4, -0.2) is 5.78 Å². The maximum Gasteiger partial charge on any atom is 0.140 e. The fraction of sp³-hybridized carbons (Fsp3) is 0.267. The van der Waals surface area contributed by atoms with E-state index in [1.165, 1.54) is 16.3 Å². The second-order valence-corrected chi connectivity index (χ2v) is 4.48. The predicted molar refractivity (Wildman–Crippen MR) is 65.5 cm³/mol. The number of hydrogen-bond acceptors (Lipinski definition) is 1. The molecule has 3 rings (SSSR count). The molecule has 2 aromatic rings. The number of Topliss-reactive ketones (excluding diaryl/α,β-unsaturated/α-hetero) is 1. The highest BCUT2D eigenvalue weighted by Crippen LogP contribution is 2.35. The maximum atomic E-state index is 11.8. The van der Waals surface area contributed by atoms with Crippen LogP contribution in [0.5, 0.6) is 0 Å². The van der Waals surface area contributed by atoms with Crippen molar-refractivity contribution in [3.8, 4) is 0 Å². The van der Waals surface area contributed by atoms with Crippen LogP contribution in [0.2, 0.25) is 0 Å². The topological polar surface area (TPSA) is 17.1 Å². The minimum Gasteiger partial charge on any atom is -0.299 e. The van der Waals surface area contributed by atoms with Crippen LogP contribution in [0.25, 0.3) is 10.8 Å². The lowest BCUT2D eigenvalue weighted by molar-refractivity contribution is -0.118. The molecule has 0 unspecified atom stereocenters. The molecule has 0 aliphatic heterocycles. The summed E-state index contributed by atoms with van der Waals surface area (Å²) in [5.74, 6) is 0.558. The molecule has 0 spiro atoms. The van der Waals surface area contributed by atoms with Crippen LogP contribution in [0.15, 0.2) is 42.5 Å². The molecule has 16 heavy (non-hydrogen) atoms. The molecular formula is C15H14O. The summed E-state index contributed by atoms with van der Waals surface area (Å²) in [5, 5.41) is 2.48. The fourth-order valence-electron chi connectivity index (χ4n) is 2.70. The van der Waals surface area contributed by atoms with Crippen molar-refractivity contribution >= 4 is 16.6 Å². The first-order valence-electron chi connectivity index (χ1n) is 5.86. The number of carbonyl (C=O) groups excluding carboxylic acids is 1. The Labute approximate surface area is 95.1 Å². The second kappa shape index (κ2) is 3.75. The largest absolute Gasteiger partial charge is 0.299 e. The number of carbonyl (C=O) groups is 1. The molecule has 1 nitrogen and oxygen atoms in total. The van der Waals surface area contributed by atoms with Crippen molar-refractivity contribution < 1.29 is 4.79 Å². The van der Waals surface area contributed by atoms with Crippen LogP contribution in [-0.2, 0) is 4.79 Å². The van der Waals surface area contributed by atoms with Crippen molar-refractivity contribution in [3.63, 3.8) is 0 Å². The van der Waals surface area contributed by atoms with Gasteiger partial charge in [-0.15, -0.1) is 0 Å². The van der Waals surface area contributed by atoms with Gasteiger partial charge in [0.15, 0.2) is 0 Å². The molecule has 0 bridgehead atoms. The Morgan fingerprint density at radius 1 is 1.00 bits per heavy atom. The summed E-state index contributed by atoms with van der Waals surface area (Å²) in [6.45, 7) is 0. The van der Waals surface area contributed by atoms with Gasteiger partial charge >= 0.3 is 0 Å². The Kier molecular flexibility index (Phi) is 2.24.